The van der Waals surface area contributed by atoms with Crippen LogP contribution >= 0.6 is 0 Å². The molecule has 0 bridgehead atoms. The summed E-state index contributed by atoms with van der Waals surface area (Å²) >= 11 is 0. The molecule has 0 radical (unpaired) electrons. The molecule has 0 saturated carbocycles. The molecule has 2 atom stereocenters. The van der Waals surface area contributed by atoms with Gasteiger partial charge in [-0.1, -0.05) is 20.3 Å². The summed E-state index contributed by atoms with van der Waals surface area (Å²) in [4.78, 5) is 8.58. The number of nitrogens with one attached hydrogen (secondary N) is 1. The third-order valence-electron chi connectivity index (χ3n) is 2.84. The fourth-order valence-corrected chi connectivity index (χ4v) is 1.62. The standard InChI is InChI=1S/C12H21N3/c1-5-9(2)8-12(13-4)11-6-7-14-10(3)15-11/h6-7,9,12-13H,5,8H2,1-4H3. The van der Waals surface area contributed by atoms with Crippen LogP contribution in [0, 0.1) is 12.8 Å². The van der Waals surface area contributed by atoms with E-state index in [1.54, 1.807) is 0 Å². The second kappa shape index (κ2) is 5.81. The Bertz CT molecular complexity index is 299. The zero-order chi connectivity index (χ0) is 11.3. The Labute approximate surface area is 92.3 Å². The van der Waals surface area contributed by atoms with E-state index < -0.39 is 0 Å². The van der Waals surface area contributed by atoms with Crippen LogP contribution in [0.3, 0.4) is 0 Å². The molecule has 0 aromatic carbocycles. The van der Waals surface area contributed by atoms with Crippen LogP contribution in [0.15, 0.2) is 12.3 Å². The molecular weight excluding hydrogens is 186 g/mol. The quantitative estimate of drug-likeness (QED) is 0.806. The van der Waals surface area contributed by atoms with Gasteiger partial charge in [0.25, 0.3) is 0 Å². The first kappa shape index (κ1) is 12.1. The van der Waals surface area contributed by atoms with Gasteiger partial charge in [-0.05, 0) is 32.4 Å². The number of hydrogen-bond donors (Lipinski definition) is 1. The van der Waals surface area contributed by atoms with Crippen LogP contribution in [-0.4, -0.2) is 17.0 Å². The van der Waals surface area contributed by atoms with Gasteiger partial charge in [-0.25, -0.2) is 9.97 Å². The summed E-state index contributed by atoms with van der Waals surface area (Å²) in [5.74, 6) is 1.56. The van der Waals surface area contributed by atoms with Gasteiger partial charge in [0.1, 0.15) is 5.82 Å². The highest BCUT2D eigenvalue weighted by atomic mass is 14.9. The molecule has 0 spiro atoms. The Morgan fingerprint density at radius 3 is 2.73 bits per heavy atom. The summed E-state index contributed by atoms with van der Waals surface area (Å²) in [5, 5.41) is 3.32. The molecule has 0 amide bonds. The highest BCUT2D eigenvalue weighted by Gasteiger charge is 2.13. The van der Waals surface area contributed by atoms with Gasteiger partial charge in [-0.2, -0.15) is 0 Å². The first-order valence-electron chi connectivity index (χ1n) is 5.64. The van der Waals surface area contributed by atoms with Gasteiger partial charge in [0, 0.05) is 12.2 Å². The van der Waals surface area contributed by atoms with Crippen LogP contribution in [0.4, 0.5) is 0 Å². The summed E-state index contributed by atoms with van der Waals surface area (Å²) in [6.07, 6.45) is 4.17. The molecule has 0 saturated heterocycles. The van der Waals surface area contributed by atoms with Crippen molar-refractivity contribution in [1.82, 2.24) is 15.3 Å². The normalized spacial score (nSPS) is 14.9. The third kappa shape index (κ3) is 3.59. The summed E-state index contributed by atoms with van der Waals surface area (Å²) < 4.78 is 0. The largest absolute Gasteiger partial charge is 0.312 e. The van der Waals surface area contributed by atoms with Gasteiger partial charge < -0.3 is 5.32 Å². The minimum Gasteiger partial charge on any atom is -0.312 e. The predicted octanol–water partition coefficient (Wildman–Crippen LogP) is 2.48. The average molecular weight is 207 g/mol. The molecule has 84 valence electrons. The fraction of sp³-hybridized carbons (Fsp3) is 0.667. The van der Waals surface area contributed by atoms with E-state index in [4.69, 9.17) is 0 Å². The Hall–Kier alpha value is -0.960. The topological polar surface area (TPSA) is 37.8 Å². The van der Waals surface area contributed by atoms with Crippen molar-refractivity contribution in [1.29, 1.82) is 0 Å². The molecule has 1 rings (SSSR count). The Kier molecular flexibility index (Phi) is 4.69. The molecule has 1 aromatic heterocycles. The van der Waals surface area contributed by atoms with E-state index in [-0.39, 0.29) is 0 Å². The van der Waals surface area contributed by atoms with Gasteiger partial charge in [0.05, 0.1) is 5.69 Å². The summed E-state index contributed by atoms with van der Waals surface area (Å²) in [6.45, 7) is 6.43. The fourth-order valence-electron chi connectivity index (χ4n) is 1.62. The Morgan fingerprint density at radius 1 is 1.47 bits per heavy atom. The minimum absolute atomic E-state index is 0.349. The second-order valence-electron chi connectivity index (χ2n) is 4.12. The molecule has 1 heterocycles. The van der Waals surface area contributed by atoms with E-state index in [0.717, 1.165) is 23.9 Å². The van der Waals surface area contributed by atoms with E-state index in [0.29, 0.717) is 6.04 Å². The minimum atomic E-state index is 0.349. The van der Waals surface area contributed by atoms with Crippen molar-refractivity contribution in [2.45, 2.75) is 39.7 Å². The maximum Gasteiger partial charge on any atom is 0.125 e. The molecule has 0 aliphatic rings. The van der Waals surface area contributed by atoms with Gasteiger partial charge in [0.2, 0.25) is 0 Å². The lowest BCUT2D eigenvalue weighted by Gasteiger charge is -2.19. The van der Waals surface area contributed by atoms with Crippen LogP contribution in [-0.2, 0) is 0 Å². The highest BCUT2D eigenvalue weighted by molar-refractivity contribution is 5.07. The van der Waals surface area contributed by atoms with Gasteiger partial charge >= 0.3 is 0 Å². The summed E-state index contributed by atoms with van der Waals surface area (Å²) in [7, 11) is 1.99. The van der Waals surface area contributed by atoms with Crippen LogP contribution < -0.4 is 5.32 Å². The van der Waals surface area contributed by atoms with Crippen LogP contribution in [0.5, 0.6) is 0 Å². The molecule has 1 N–H and O–H groups in total. The van der Waals surface area contributed by atoms with Crippen molar-refractivity contribution in [3.8, 4) is 0 Å². The van der Waals surface area contributed by atoms with Gasteiger partial charge in [0.15, 0.2) is 0 Å². The molecule has 3 nitrogen and oxygen atoms in total. The first-order chi connectivity index (χ1) is 7.17. The zero-order valence-electron chi connectivity index (χ0n) is 10.1. The zero-order valence-corrected chi connectivity index (χ0v) is 10.1. The molecule has 2 unspecified atom stereocenters. The van der Waals surface area contributed by atoms with E-state index in [1.165, 1.54) is 6.42 Å². The van der Waals surface area contributed by atoms with Gasteiger partial charge in [-0.15, -0.1) is 0 Å². The lowest BCUT2D eigenvalue weighted by Crippen LogP contribution is -2.20. The lowest BCUT2D eigenvalue weighted by atomic mass is 9.97. The van der Waals surface area contributed by atoms with Crippen molar-refractivity contribution in [3.63, 3.8) is 0 Å². The number of aryl methyl sites for hydroxylation is 1. The molecule has 0 aliphatic carbocycles. The number of rotatable bonds is 5. The molecule has 1 aromatic rings. The molecule has 0 fully saturated rings. The number of nitrogens with zero attached hydrogens (tertiary/aromatic N) is 2. The SMILES string of the molecule is CCC(C)CC(NC)c1ccnc(C)n1. The number of aromatic nitrogens is 2. The molecular formula is C12H21N3. The van der Waals surface area contributed by atoms with Crippen LogP contribution in [0.25, 0.3) is 0 Å². The second-order valence-corrected chi connectivity index (χ2v) is 4.12. The van der Waals surface area contributed by atoms with Crippen molar-refractivity contribution < 1.29 is 0 Å². The molecule has 15 heavy (non-hydrogen) atoms. The van der Waals surface area contributed by atoms with E-state index in [1.807, 2.05) is 26.2 Å². The predicted molar refractivity (Wildman–Crippen MR) is 62.6 cm³/mol. The highest BCUT2D eigenvalue weighted by Crippen LogP contribution is 2.20. The van der Waals surface area contributed by atoms with Crippen LogP contribution in [0.2, 0.25) is 0 Å². The molecule has 0 aliphatic heterocycles. The first-order valence-corrected chi connectivity index (χ1v) is 5.64. The lowest BCUT2D eigenvalue weighted by molar-refractivity contribution is 0.415. The monoisotopic (exact) mass is 207 g/mol. The van der Waals surface area contributed by atoms with Gasteiger partial charge in [-0.3, -0.25) is 0 Å². The average Bonchev–Trinajstić information content (AvgIpc) is 2.25. The smallest absolute Gasteiger partial charge is 0.125 e. The van der Waals surface area contributed by atoms with Crippen molar-refractivity contribution in [2.24, 2.45) is 5.92 Å². The number of hydrogen-bond acceptors (Lipinski definition) is 3. The van der Waals surface area contributed by atoms with E-state index >= 15 is 0 Å². The summed E-state index contributed by atoms with van der Waals surface area (Å²) in [5.41, 5.74) is 1.10. The Morgan fingerprint density at radius 2 is 2.20 bits per heavy atom. The summed E-state index contributed by atoms with van der Waals surface area (Å²) in [6, 6.07) is 2.35. The maximum atomic E-state index is 4.46. The Balaban J connectivity index is 2.73. The van der Waals surface area contributed by atoms with E-state index in [2.05, 4.69) is 29.1 Å². The van der Waals surface area contributed by atoms with Crippen molar-refractivity contribution in [2.75, 3.05) is 7.05 Å². The maximum absolute atomic E-state index is 4.46. The van der Waals surface area contributed by atoms with Crippen molar-refractivity contribution >= 4 is 0 Å². The third-order valence-corrected chi connectivity index (χ3v) is 2.84. The van der Waals surface area contributed by atoms with Crippen LogP contribution in [0.1, 0.15) is 44.2 Å². The van der Waals surface area contributed by atoms with E-state index in [9.17, 15) is 0 Å². The molecule has 3 heteroatoms. The van der Waals surface area contributed by atoms with Crippen molar-refractivity contribution in [3.05, 3.63) is 23.8 Å².